The lowest BCUT2D eigenvalue weighted by Crippen LogP contribution is -2.31. The molecule has 1 fully saturated rings. The number of hydrogen-bond acceptors (Lipinski definition) is 2. The summed E-state index contributed by atoms with van der Waals surface area (Å²) < 4.78 is 1.89. The summed E-state index contributed by atoms with van der Waals surface area (Å²) in [7, 11) is 0. The summed E-state index contributed by atoms with van der Waals surface area (Å²) in [5.41, 5.74) is 3.19. The number of nitrogens with one attached hydrogen (secondary N) is 2. The predicted molar refractivity (Wildman–Crippen MR) is 72.9 cm³/mol. The Balaban J connectivity index is 1.95. The molecule has 4 heteroatoms. The highest BCUT2D eigenvalue weighted by Gasteiger charge is 2.16. The molecule has 18 heavy (non-hydrogen) atoms. The molecule has 2 heterocycles. The number of aryl methyl sites for hydroxylation is 1. The van der Waals surface area contributed by atoms with Crippen molar-refractivity contribution in [2.75, 3.05) is 13.1 Å². The van der Waals surface area contributed by atoms with Crippen molar-refractivity contribution in [3.8, 4) is 0 Å². The molecule has 2 N–H and O–H groups in total. The number of hydrogen-bond donors (Lipinski definition) is 2. The summed E-state index contributed by atoms with van der Waals surface area (Å²) in [6.45, 7) is 5.02. The zero-order chi connectivity index (χ0) is 12.5. The summed E-state index contributed by atoms with van der Waals surface area (Å²) in [5.74, 6) is 0.615. The number of nitrogens with zero attached hydrogens (tertiary/aromatic N) is 1. The van der Waals surface area contributed by atoms with Crippen molar-refractivity contribution in [1.82, 2.24) is 14.9 Å². The summed E-state index contributed by atoms with van der Waals surface area (Å²) in [6.07, 6.45) is 2.32. The maximum atomic E-state index is 12.0. The molecule has 1 aliphatic rings. The molecule has 0 atom stereocenters. The fraction of sp³-hybridized carbons (Fsp3) is 0.500. The van der Waals surface area contributed by atoms with Crippen LogP contribution in [0, 0.1) is 12.8 Å². The molecule has 96 valence electrons. The maximum absolute atomic E-state index is 12.0. The Hall–Kier alpha value is -1.55. The third kappa shape index (κ3) is 2.08. The molecule has 1 aliphatic heterocycles. The minimum absolute atomic E-state index is 0.0223. The fourth-order valence-electron chi connectivity index (χ4n) is 2.78. The number of piperidine rings is 1. The molecule has 0 aliphatic carbocycles. The minimum atomic E-state index is 0.0223. The highest BCUT2D eigenvalue weighted by Crippen LogP contribution is 2.17. The second-order valence-corrected chi connectivity index (χ2v) is 5.25. The first-order chi connectivity index (χ1) is 8.74. The van der Waals surface area contributed by atoms with Gasteiger partial charge in [0.15, 0.2) is 0 Å². The van der Waals surface area contributed by atoms with Crippen LogP contribution in [0.15, 0.2) is 23.0 Å². The van der Waals surface area contributed by atoms with E-state index in [4.69, 9.17) is 0 Å². The molecule has 0 saturated carbocycles. The van der Waals surface area contributed by atoms with Crippen molar-refractivity contribution in [1.29, 1.82) is 0 Å². The Kier molecular flexibility index (Phi) is 2.96. The second-order valence-electron chi connectivity index (χ2n) is 5.25. The Morgan fingerprint density at radius 3 is 2.89 bits per heavy atom. The summed E-state index contributed by atoms with van der Waals surface area (Å²) in [6, 6.07) is 6.15. The standard InChI is InChI=1S/C14H19N3O/c1-10-2-3-13-12(8-10)16-14(18)17(13)9-11-4-6-15-7-5-11/h2-3,8,11,15H,4-7,9H2,1H3,(H,16,18). The van der Waals surface area contributed by atoms with E-state index in [1.807, 2.05) is 23.6 Å². The van der Waals surface area contributed by atoms with Gasteiger partial charge in [0, 0.05) is 6.54 Å². The molecule has 1 saturated heterocycles. The van der Waals surface area contributed by atoms with Crippen LogP contribution in [0.3, 0.4) is 0 Å². The second kappa shape index (κ2) is 4.61. The lowest BCUT2D eigenvalue weighted by atomic mass is 9.98. The summed E-state index contributed by atoms with van der Waals surface area (Å²) in [5, 5.41) is 3.36. The van der Waals surface area contributed by atoms with Crippen LogP contribution in [0.4, 0.5) is 0 Å². The molecule has 2 aromatic rings. The van der Waals surface area contributed by atoms with Crippen LogP contribution < -0.4 is 11.0 Å². The Morgan fingerprint density at radius 2 is 2.11 bits per heavy atom. The number of rotatable bonds is 2. The molecule has 4 nitrogen and oxygen atoms in total. The Bertz CT molecular complexity index is 605. The molecule has 3 rings (SSSR count). The quantitative estimate of drug-likeness (QED) is 0.845. The van der Waals surface area contributed by atoms with E-state index in [-0.39, 0.29) is 5.69 Å². The zero-order valence-electron chi connectivity index (χ0n) is 10.7. The van der Waals surface area contributed by atoms with Crippen LogP contribution in [-0.4, -0.2) is 22.6 Å². The third-order valence-electron chi connectivity index (χ3n) is 3.83. The van der Waals surface area contributed by atoms with Crippen molar-refractivity contribution in [3.05, 3.63) is 34.2 Å². The largest absolute Gasteiger partial charge is 0.326 e. The van der Waals surface area contributed by atoms with E-state index in [0.717, 1.165) is 43.5 Å². The van der Waals surface area contributed by atoms with Crippen LogP contribution in [0.5, 0.6) is 0 Å². The number of fused-ring (bicyclic) bond motifs is 1. The van der Waals surface area contributed by atoms with E-state index in [1.165, 1.54) is 5.56 Å². The Labute approximate surface area is 106 Å². The van der Waals surface area contributed by atoms with Crippen molar-refractivity contribution in [2.45, 2.75) is 26.3 Å². The van der Waals surface area contributed by atoms with Crippen LogP contribution in [-0.2, 0) is 6.54 Å². The van der Waals surface area contributed by atoms with Crippen molar-refractivity contribution >= 4 is 11.0 Å². The van der Waals surface area contributed by atoms with Crippen LogP contribution in [0.1, 0.15) is 18.4 Å². The molecule has 0 radical (unpaired) electrons. The molecule has 0 unspecified atom stereocenters. The summed E-state index contributed by atoms with van der Waals surface area (Å²) >= 11 is 0. The first-order valence-corrected chi connectivity index (χ1v) is 6.64. The van der Waals surface area contributed by atoms with E-state index in [2.05, 4.69) is 16.4 Å². The third-order valence-corrected chi connectivity index (χ3v) is 3.83. The van der Waals surface area contributed by atoms with E-state index in [1.54, 1.807) is 0 Å². The smallest absolute Gasteiger partial charge is 0.317 e. The van der Waals surface area contributed by atoms with Crippen molar-refractivity contribution in [2.24, 2.45) is 5.92 Å². The highest BCUT2D eigenvalue weighted by molar-refractivity contribution is 5.75. The van der Waals surface area contributed by atoms with Gasteiger partial charge in [0.1, 0.15) is 0 Å². The molecule has 1 aromatic carbocycles. The molecule has 0 amide bonds. The molecular weight excluding hydrogens is 226 g/mol. The van der Waals surface area contributed by atoms with Gasteiger partial charge in [0.25, 0.3) is 0 Å². The number of aromatic nitrogens is 2. The van der Waals surface area contributed by atoms with Crippen LogP contribution in [0.2, 0.25) is 0 Å². The van der Waals surface area contributed by atoms with Gasteiger partial charge in [-0.25, -0.2) is 4.79 Å². The van der Waals surface area contributed by atoms with Crippen LogP contribution >= 0.6 is 0 Å². The van der Waals surface area contributed by atoms with Gasteiger partial charge in [-0.1, -0.05) is 6.07 Å². The normalized spacial score (nSPS) is 17.4. The molecule has 0 bridgehead atoms. The summed E-state index contributed by atoms with van der Waals surface area (Å²) in [4.78, 5) is 15.0. The number of aromatic amines is 1. The van der Waals surface area contributed by atoms with Gasteiger partial charge in [-0.2, -0.15) is 0 Å². The molecular formula is C14H19N3O. The van der Waals surface area contributed by atoms with Crippen molar-refractivity contribution < 1.29 is 0 Å². The van der Waals surface area contributed by atoms with Crippen molar-refractivity contribution in [3.63, 3.8) is 0 Å². The number of imidazole rings is 1. The monoisotopic (exact) mass is 245 g/mol. The van der Waals surface area contributed by atoms with Gasteiger partial charge >= 0.3 is 5.69 Å². The highest BCUT2D eigenvalue weighted by atomic mass is 16.1. The minimum Gasteiger partial charge on any atom is -0.317 e. The first kappa shape index (κ1) is 11.5. The zero-order valence-corrected chi connectivity index (χ0v) is 10.7. The van der Waals surface area contributed by atoms with E-state index in [9.17, 15) is 4.79 Å². The van der Waals surface area contributed by atoms with E-state index in [0.29, 0.717) is 5.92 Å². The lowest BCUT2D eigenvalue weighted by Gasteiger charge is -2.22. The fourth-order valence-corrected chi connectivity index (χ4v) is 2.78. The van der Waals surface area contributed by atoms with Gasteiger partial charge in [0.2, 0.25) is 0 Å². The maximum Gasteiger partial charge on any atom is 0.326 e. The topological polar surface area (TPSA) is 49.8 Å². The number of benzene rings is 1. The number of H-pyrrole nitrogens is 1. The van der Waals surface area contributed by atoms with Crippen LogP contribution in [0.25, 0.3) is 11.0 Å². The van der Waals surface area contributed by atoms with E-state index >= 15 is 0 Å². The Morgan fingerprint density at radius 1 is 1.33 bits per heavy atom. The van der Waals surface area contributed by atoms with Gasteiger partial charge in [-0.3, -0.25) is 4.57 Å². The van der Waals surface area contributed by atoms with Gasteiger partial charge in [0.05, 0.1) is 11.0 Å². The predicted octanol–water partition coefficient (Wildman–Crippen LogP) is 1.64. The van der Waals surface area contributed by atoms with Gasteiger partial charge in [-0.15, -0.1) is 0 Å². The van der Waals surface area contributed by atoms with Gasteiger partial charge in [-0.05, 0) is 56.5 Å². The molecule has 0 spiro atoms. The molecule has 1 aromatic heterocycles. The SMILES string of the molecule is Cc1ccc2c(c1)[nH]c(=O)n2CC1CCNCC1. The van der Waals surface area contributed by atoms with E-state index < -0.39 is 0 Å². The average Bonchev–Trinajstić information content (AvgIpc) is 2.66. The average molecular weight is 245 g/mol. The lowest BCUT2D eigenvalue weighted by molar-refractivity contribution is 0.333. The van der Waals surface area contributed by atoms with Gasteiger partial charge < -0.3 is 10.3 Å². The first-order valence-electron chi connectivity index (χ1n) is 6.64.